The molecule has 0 radical (unpaired) electrons. The number of carbonyl (C=O) groups excluding carboxylic acids is 3. The highest BCUT2D eigenvalue weighted by atomic mass is 28.4. The van der Waals surface area contributed by atoms with Crippen LogP contribution in [0, 0.1) is 23.1 Å². The number of rotatable bonds is 9. The molecule has 3 aliphatic carbocycles. The first-order valence-corrected chi connectivity index (χ1v) is 24.0. The van der Waals surface area contributed by atoms with Crippen LogP contribution in [0.5, 0.6) is 11.6 Å². The van der Waals surface area contributed by atoms with Gasteiger partial charge in [-0.15, -0.1) is 0 Å². The Balaban J connectivity index is 1.31. The van der Waals surface area contributed by atoms with Crippen LogP contribution in [-0.2, 0) is 41.9 Å². The number of hydrogen-bond acceptors (Lipinski definition) is 10. The summed E-state index contributed by atoms with van der Waals surface area (Å²) in [6.07, 6.45) is 0.291. The van der Waals surface area contributed by atoms with Crippen molar-refractivity contribution in [1.82, 2.24) is 15.0 Å². The van der Waals surface area contributed by atoms with Gasteiger partial charge in [0.05, 0.1) is 17.5 Å². The Morgan fingerprint density at radius 2 is 1.45 bits per heavy atom. The minimum atomic E-state index is -2.98. The standard InChI is InChI=1S/C48H58FN3O7Si/c1-45(2,3)52-24-31-32(25-52)40(56-26-28-18-14-12-15-19-28)34-30(37(31)49)22-47(7)23-33-38(51(8)9)41-35(44(50-58-41)57-27-29-20-16-13-17-21-29)42(54)48(33,43(55)36(47)39(34)53)59-60(10,11)46(4,5)6/h12-21,33,36,38H,22-27H2,1-11H3/t33-,36?,38-,47-,48+/m0/s1. The minimum absolute atomic E-state index is 0.0264. The van der Waals surface area contributed by atoms with E-state index in [4.69, 9.17) is 18.4 Å². The molecule has 3 aromatic carbocycles. The number of Topliss-reactive ketones (excluding diaryl/α,β-unsaturated/α-hetero) is 3. The van der Waals surface area contributed by atoms with E-state index in [2.05, 4.69) is 51.6 Å². The molecule has 0 amide bonds. The lowest BCUT2D eigenvalue weighted by molar-refractivity contribution is -0.157. The highest BCUT2D eigenvalue weighted by Crippen LogP contribution is 2.63. The first-order valence-electron chi connectivity index (χ1n) is 21.0. The number of ketones is 3. The van der Waals surface area contributed by atoms with Crippen molar-refractivity contribution in [2.45, 2.75) is 123 Å². The van der Waals surface area contributed by atoms with Gasteiger partial charge in [0.15, 0.2) is 31.2 Å². The summed E-state index contributed by atoms with van der Waals surface area (Å²) in [5.41, 5.74) is -0.168. The zero-order valence-corrected chi connectivity index (χ0v) is 37.8. The lowest BCUT2D eigenvalue weighted by Crippen LogP contribution is -2.72. The summed E-state index contributed by atoms with van der Waals surface area (Å²) in [7, 11) is 0.755. The highest BCUT2D eigenvalue weighted by Gasteiger charge is 2.73. The third-order valence-electron chi connectivity index (χ3n) is 14.1. The second-order valence-corrected chi connectivity index (χ2v) is 25.1. The lowest BCUT2D eigenvalue weighted by atomic mass is 9.48. The second kappa shape index (κ2) is 14.6. The van der Waals surface area contributed by atoms with Crippen molar-refractivity contribution < 1.29 is 37.2 Å². The van der Waals surface area contributed by atoms with Crippen molar-refractivity contribution >= 4 is 25.7 Å². The van der Waals surface area contributed by atoms with E-state index in [0.717, 1.165) is 11.1 Å². The van der Waals surface area contributed by atoms with Gasteiger partial charge in [-0.1, -0.05) is 88.4 Å². The summed E-state index contributed by atoms with van der Waals surface area (Å²) >= 11 is 0. The Kier molecular flexibility index (Phi) is 10.2. The molecule has 10 nitrogen and oxygen atoms in total. The Morgan fingerprint density at radius 3 is 2.02 bits per heavy atom. The summed E-state index contributed by atoms with van der Waals surface area (Å²) in [5.74, 6) is -3.73. The number of hydrogen-bond donors (Lipinski definition) is 0. The molecular weight excluding hydrogens is 778 g/mol. The minimum Gasteiger partial charge on any atom is -0.488 e. The predicted octanol–water partition coefficient (Wildman–Crippen LogP) is 9.30. The van der Waals surface area contributed by atoms with E-state index in [-0.39, 0.29) is 59.9 Å². The van der Waals surface area contributed by atoms with Crippen molar-refractivity contribution in [3.05, 3.63) is 111 Å². The first kappa shape index (κ1) is 42.2. The average Bonchev–Trinajstić information content (AvgIpc) is 3.82. The highest BCUT2D eigenvalue weighted by molar-refractivity contribution is 6.74. The molecular formula is C48H58FN3O7Si. The van der Waals surface area contributed by atoms with Crippen molar-refractivity contribution in [1.29, 1.82) is 0 Å². The van der Waals surface area contributed by atoms with Crippen molar-refractivity contribution in [2.75, 3.05) is 14.1 Å². The quantitative estimate of drug-likeness (QED) is 0.120. The molecule has 1 aliphatic heterocycles. The van der Waals surface area contributed by atoms with Crippen LogP contribution in [0.4, 0.5) is 4.39 Å². The normalized spacial score (nSPS) is 25.4. The maximum atomic E-state index is 17.3. The molecule has 4 aromatic rings. The molecule has 0 saturated heterocycles. The predicted molar refractivity (Wildman–Crippen MR) is 228 cm³/mol. The zero-order valence-electron chi connectivity index (χ0n) is 36.8. The number of nitrogens with zero attached hydrogens (tertiary/aromatic N) is 3. The second-order valence-electron chi connectivity index (χ2n) is 20.4. The SMILES string of the molecule is CN(C)[C@@H]1c2onc(OCc3ccccc3)c2C(=O)[C@@]2(O[Si](C)(C)C(C)(C)C)C(=O)C3C(=O)c4c(c(F)c5c(c4OCc4ccccc4)CN(C(C)(C)C)C5)C[C@@]3(C)C[C@@H]12. The van der Waals surface area contributed by atoms with Crippen LogP contribution in [-0.4, -0.2) is 65.9 Å². The van der Waals surface area contributed by atoms with Gasteiger partial charge < -0.3 is 18.4 Å². The topological polar surface area (TPSA) is 111 Å². The van der Waals surface area contributed by atoms with Gasteiger partial charge in [-0.25, -0.2) is 4.39 Å². The van der Waals surface area contributed by atoms with E-state index in [1.165, 1.54) is 0 Å². The molecule has 5 atom stereocenters. The van der Waals surface area contributed by atoms with Crippen LogP contribution in [0.25, 0.3) is 0 Å². The lowest BCUT2D eigenvalue weighted by Gasteiger charge is -2.59. The molecule has 1 saturated carbocycles. The fourth-order valence-corrected chi connectivity index (χ4v) is 11.3. The fourth-order valence-electron chi connectivity index (χ4n) is 9.87. The molecule has 0 spiro atoms. The molecule has 1 unspecified atom stereocenters. The van der Waals surface area contributed by atoms with Gasteiger partial charge in [0.2, 0.25) is 5.78 Å². The maximum Gasteiger partial charge on any atom is 0.265 e. The van der Waals surface area contributed by atoms with Crippen LogP contribution in [0.15, 0.2) is 65.2 Å². The van der Waals surface area contributed by atoms with E-state index < -0.39 is 65.4 Å². The van der Waals surface area contributed by atoms with Crippen LogP contribution in [0.2, 0.25) is 18.1 Å². The summed E-state index contributed by atoms with van der Waals surface area (Å²) in [5, 5.41) is 3.88. The number of fused-ring (bicyclic) bond motifs is 5. The largest absolute Gasteiger partial charge is 0.488 e. The van der Waals surface area contributed by atoms with E-state index >= 15 is 18.8 Å². The molecule has 8 rings (SSSR count). The molecule has 0 N–H and O–H groups in total. The van der Waals surface area contributed by atoms with Crippen molar-refractivity contribution in [3.63, 3.8) is 0 Å². The summed E-state index contributed by atoms with van der Waals surface area (Å²) < 4.78 is 43.6. The van der Waals surface area contributed by atoms with Gasteiger partial charge in [0, 0.05) is 41.2 Å². The average molecular weight is 836 g/mol. The number of ether oxygens (including phenoxy) is 2. The molecule has 4 aliphatic rings. The Hall–Kier alpha value is -4.49. The Morgan fingerprint density at radius 1 is 0.867 bits per heavy atom. The smallest absolute Gasteiger partial charge is 0.265 e. The van der Waals surface area contributed by atoms with Gasteiger partial charge >= 0.3 is 0 Å². The molecule has 1 fully saturated rings. The Labute approximate surface area is 353 Å². The number of carbonyl (C=O) groups is 3. The van der Waals surface area contributed by atoms with Crippen molar-refractivity contribution in [2.24, 2.45) is 17.3 Å². The molecule has 60 heavy (non-hydrogen) atoms. The third-order valence-corrected chi connectivity index (χ3v) is 18.5. The monoisotopic (exact) mass is 835 g/mol. The molecule has 1 aromatic heterocycles. The van der Waals surface area contributed by atoms with Crippen LogP contribution < -0.4 is 9.47 Å². The summed E-state index contributed by atoms with van der Waals surface area (Å²) in [4.78, 5) is 51.6. The van der Waals surface area contributed by atoms with Gasteiger partial charge in [0.1, 0.15) is 30.3 Å². The van der Waals surface area contributed by atoms with Gasteiger partial charge in [-0.05, 0) is 87.5 Å². The number of halogens is 1. The Bertz CT molecular complexity index is 2370. The molecule has 2 heterocycles. The molecule has 12 heteroatoms. The number of benzene rings is 3. The van der Waals surface area contributed by atoms with E-state index in [9.17, 15) is 0 Å². The summed E-state index contributed by atoms with van der Waals surface area (Å²) in [6.45, 7) is 19.3. The van der Waals surface area contributed by atoms with Crippen molar-refractivity contribution in [3.8, 4) is 11.6 Å². The summed E-state index contributed by atoms with van der Waals surface area (Å²) in [6, 6.07) is 18.5. The number of aromatic nitrogens is 1. The van der Waals surface area contributed by atoms with Gasteiger partial charge in [-0.3, -0.25) is 24.2 Å². The van der Waals surface area contributed by atoms with Crippen LogP contribution >= 0.6 is 0 Å². The fraction of sp³-hybridized carbons (Fsp3) is 0.500. The molecule has 318 valence electrons. The molecule has 0 bridgehead atoms. The van der Waals surface area contributed by atoms with Crippen LogP contribution in [0.1, 0.15) is 115 Å². The third kappa shape index (κ3) is 6.60. The van der Waals surface area contributed by atoms with Gasteiger partial charge in [0.25, 0.3) is 5.88 Å². The van der Waals surface area contributed by atoms with Crippen LogP contribution in [0.3, 0.4) is 0 Å². The van der Waals surface area contributed by atoms with E-state index in [0.29, 0.717) is 30.0 Å². The maximum absolute atomic E-state index is 17.3. The van der Waals surface area contributed by atoms with E-state index in [1.54, 1.807) is 0 Å². The zero-order chi connectivity index (χ0) is 43.3. The van der Waals surface area contributed by atoms with Gasteiger partial charge in [-0.2, -0.15) is 0 Å². The van der Waals surface area contributed by atoms with E-state index in [1.807, 2.05) is 99.7 Å². The first-order chi connectivity index (χ1) is 28.1.